The van der Waals surface area contributed by atoms with E-state index in [-0.39, 0.29) is 6.61 Å². The summed E-state index contributed by atoms with van der Waals surface area (Å²) in [4.78, 5) is 10.7. The van der Waals surface area contributed by atoms with Crippen LogP contribution >= 0.6 is 0 Å². The van der Waals surface area contributed by atoms with Gasteiger partial charge in [-0.25, -0.2) is 9.18 Å². The zero-order valence-electron chi connectivity index (χ0n) is 7.45. The highest BCUT2D eigenvalue weighted by Crippen LogP contribution is 2.38. The minimum absolute atomic E-state index is 0.0767. The van der Waals surface area contributed by atoms with Gasteiger partial charge in [0, 0.05) is 0 Å². The molecule has 5 heteroatoms. The first-order chi connectivity index (χ1) is 6.01. The molecule has 2 aliphatic rings. The Morgan fingerprint density at radius 3 is 3.00 bits per heavy atom. The Bertz CT molecular complexity index is 240. The molecule has 1 unspecified atom stereocenters. The van der Waals surface area contributed by atoms with Gasteiger partial charge in [-0.2, -0.15) is 0 Å². The number of hydrogen-bond donors (Lipinski definition) is 0. The van der Waals surface area contributed by atoms with E-state index in [2.05, 4.69) is 4.74 Å². The van der Waals surface area contributed by atoms with E-state index in [1.807, 2.05) is 0 Å². The van der Waals surface area contributed by atoms with Crippen molar-refractivity contribution in [2.45, 2.75) is 37.8 Å². The normalized spacial score (nSPS) is 49.5. The molecule has 2 aliphatic heterocycles. The first kappa shape index (κ1) is 8.74. The lowest BCUT2D eigenvalue weighted by atomic mass is 9.95. The Morgan fingerprint density at radius 2 is 2.31 bits per heavy atom. The summed E-state index contributed by atoms with van der Waals surface area (Å²) in [5.41, 5.74) is -1.62. The lowest BCUT2D eigenvalue weighted by Gasteiger charge is -2.28. The summed E-state index contributed by atoms with van der Waals surface area (Å²) in [6.07, 6.45) is -2.69. The largest absolute Gasteiger partial charge is 0.508 e. The van der Waals surface area contributed by atoms with E-state index >= 15 is 0 Å². The SMILES string of the molecule is C[C@@H]1O[C@@H]2COC(=O)OC2[C@@]1(C)F. The third kappa shape index (κ3) is 1.18. The summed E-state index contributed by atoms with van der Waals surface area (Å²) < 4.78 is 28.4. The molecule has 0 saturated carbocycles. The van der Waals surface area contributed by atoms with Gasteiger partial charge in [0.15, 0.2) is 11.8 Å². The number of cyclic esters (lactones) is 1. The minimum Gasteiger partial charge on any atom is -0.431 e. The van der Waals surface area contributed by atoms with E-state index < -0.39 is 30.1 Å². The molecule has 4 nitrogen and oxygen atoms in total. The molecule has 0 aliphatic carbocycles. The van der Waals surface area contributed by atoms with E-state index in [4.69, 9.17) is 9.47 Å². The zero-order valence-corrected chi connectivity index (χ0v) is 7.45. The van der Waals surface area contributed by atoms with Gasteiger partial charge in [0.2, 0.25) is 0 Å². The Morgan fingerprint density at radius 1 is 1.62 bits per heavy atom. The molecule has 0 aromatic heterocycles. The van der Waals surface area contributed by atoms with Crippen molar-refractivity contribution in [3.8, 4) is 0 Å². The molecule has 0 radical (unpaired) electrons. The van der Waals surface area contributed by atoms with Crippen LogP contribution in [0.3, 0.4) is 0 Å². The van der Waals surface area contributed by atoms with Crippen LogP contribution in [0.5, 0.6) is 0 Å². The quantitative estimate of drug-likeness (QED) is 0.535. The highest BCUT2D eigenvalue weighted by molar-refractivity contribution is 5.61. The van der Waals surface area contributed by atoms with Crippen LogP contribution in [-0.2, 0) is 14.2 Å². The van der Waals surface area contributed by atoms with Crippen LogP contribution in [-0.4, -0.2) is 36.7 Å². The standard InChI is InChI=1S/C8H11FO4/c1-4-8(2,9)6-5(12-4)3-11-7(10)13-6/h4-6H,3H2,1-2H3/t4-,5+,6?,8-/m0/s1. The number of hydrogen-bond acceptors (Lipinski definition) is 4. The molecule has 0 N–H and O–H groups in total. The number of fused-ring (bicyclic) bond motifs is 1. The fraction of sp³-hybridized carbons (Fsp3) is 0.875. The molecule has 2 rings (SSSR count). The fourth-order valence-corrected chi connectivity index (χ4v) is 1.67. The molecule has 0 amide bonds. The highest BCUT2D eigenvalue weighted by Gasteiger charge is 2.57. The monoisotopic (exact) mass is 190 g/mol. The Hall–Kier alpha value is -0.840. The lowest BCUT2D eigenvalue weighted by molar-refractivity contribution is -0.0962. The maximum absolute atomic E-state index is 13.9. The van der Waals surface area contributed by atoms with E-state index in [1.54, 1.807) is 6.92 Å². The van der Waals surface area contributed by atoms with Gasteiger partial charge in [0.1, 0.15) is 12.7 Å². The molecule has 13 heavy (non-hydrogen) atoms. The Balaban J connectivity index is 2.20. The van der Waals surface area contributed by atoms with Crippen LogP contribution in [0.25, 0.3) is 0 Å². The van der Waals surface area contributed by atoms with Gasteiger partial charge in [-0.3, -0.25) is 0 Å². The van der Waals surface area contributed by atoms with Crippen molar-refractivity contribution in [3.05, 3.63) is 0 Å². The summed E-state index contributed by atoms with van der Waals surface area (Å²) in [5.74, 6) is 0. The van der Waals surface area contributed by atoms with Crippen molar-refractivity contribution in [1.82, 2.24) is 0 Å². The Kier molecular flexibility index (Phi) is 1.73. The number of rotatable bonds is 0. The smallest absolute Gasteiger partial charge is 0.431 e. The molecular formula is C8H11FO4. The molecule has 0 aromatic rings. The summed E-state index contributed by atoms with van der Waals surface area (Å²) >= 11 is 0. The highest BCUT2D eigenvalue weighted by atomic mass is 19.1. The number of carbonyl (C=O) groups is 1. The minimum atomic E-state index is -1.62. The second kappa shape index (κ2) is 2.57. The van der Waals surface area contributed by atoms with Crippen LogP contribution in [0, 0.1) is 0 Å². The molecule has 0 spiro atoms. The molecule has 2 saturated heterocycles. The van der Waals surface area contributed by atoms with Gasteiger partial charge in [0.25, 0.3) is 0 Å². The second-order valence-corrected chi connectivity index (χ2v) is 3.57. The predicted octanol–water partition coefficient (Wildman–Crippen LogP) is 1.04. The van der Waals surface area contributed by atoms with Crippen molar-refractivity contribution >= 4 is 6.16 Å². The zero-order chi connectivity index (χ0) is 9.64. The number of alkyl halides is 1. The summed E-state index contributed by atoms with van der Waals surface area (Å²) in [6, 6.07) is 0. The van der Waals surface area contributed by atoms with Crippen LogP contribution in [0.4, 0.5) is 9.18 Å². The van der Waals surface area contributed by atoms with Crippen molar-refractivity contribution < 1.29 is 23.4 Å². The molecule has 74 valence electrons. The lowest BCUT2D eigenvalue weighted by Crippen LogP contribution is -2.47. The molecule has 2 heterocycles. The third-order valence-electron chi connectivity index (χ3n) is 2.66. The fourth-order valence-electron chi connectivity index (χ4n) is 1.67. The second-order valence-electron chi connectivity index (χ2n) is 3.57. The first-order valence-corrected chi connectivity index (χ1v) is 4.19. The first-order valence-electron chi connectivity index (χ1n) is 4.19. The van der Waals surface area contributed by atoms with Gasteiger partial charge >= 0.3 is 6.16 Å². The maximum atomic E-state index is 13.9. The van der Waals surface area contributed by atoms with E-state index in [9.17, 15) is 9.18 Å². The maximum Gasteiger partial charge on any atom is 0.508 e. The molecule has 2 fully saturated rings. The van der Waals surface area contributed by atoms with Gasteiger partial charge in [-0.1, -0.05) is 0 Å². The molecule has 0 bridgehead atoms. The van der Waals surface area contributed by atoms with Crippen molar-refractivity contribution in [1.29, 1.82) is 0 Å². The molecule has 4 atom stereocenters. The van der Waals surface area contributed by atoms with Crippen LogP contribution < -0.4 is 0 Å². The van der Waals surface area contributed by atoms with E-state index in [1.165, 1.54) is 6.92 Å². The summed E-state index contributed by atoms with van der Waals surface area (Å²) in [7, 11) is 0. The van der Waals surface area contributed by atoms with Crippen LogP contribution in [0.2, 0.25) is 0 Å². The van der Waals surface area contributed by atoms with Gasteiger partial charge in [-0.05, 0) is 13.8 Å². The number of ether oxygens (including phenoxy) is 3. The van der Waals surface area contributed by atoms with E-state index in [0.29, 0.717) is 0 Å². The average molecular weight is 190 g/mol. The van der Waals surface area contributed by atoms with Gasteiger partial charge in [0.05, 0.1) is 6.10 Å². The van der Waals surface area contributed by atoms with Gasteiger partial charge in [-0.15, -0.1) is 0 Å². The van der Waals surface area contributed by atoms with Crippen molar-refractivity contribution in [2.75, 3.05) is 6.61 Å². The number of halogens is 1. The third-order valence-corrected chi connectivity index (χ3v) is 2.66. The van der Waals surface area contributed by atoms with Crippen LogP contribution in [0.15, 0.2) is 0 Å². The molecule has 0 aromatic carbocycles. The predicted molar refractivity (Wildman–Crippen MR) is 40.1 cm³/mol. The summed E-state index contributed by atoms with van der Waals surface area (Å²) in [6.45, 7) is 3.07. The van der Waals surface area contributed by atoms with E-state index in [0.717, 1.165) is 0 Å². The van der Waals surface area contributed by atoms with Gasteiger partial charge < -0.3 is 14.2 Å². The summed E-state index contributed by atoms with van der Waals surface area (Å²) in [5, 5.41) is 0. The van der Waals surface area contributed by atoms with Crippen molar-refractivity contribution in [3.63, 3.8) is 0 Å². The molecular weight excluding hydrogens is 179 g/mol. The number of carbonyl (C=O) groups excluding carboxylic acids is 1. The van der Waals surface area contributed by atoms with Crippen molar-refractivity contribution in [2.24, 2.45) is 0 Å². The average Bonchev–Trinajstić information content (AvgIpc) is 2.27. The topological polar surface area (TPSA) is 44.8 Å². The van der Waals surface area contributed by atoms with Crippen LogP contribution in [0.1, 0.15) is 13.8 Å². The Labute approximate surface area is 74.9 Å².